The Bertz CT molecular complexity index is 1020. The summed E-state index contributed by atoms with van der Waals surface area (Å²) in [5.74, 6) is 0.274. The Morgan fingerprint density at radius 3 is 2.33 bits per heavy atom. The molecule has 0 spiro atoms. The minimum absolute atomic E-state index is 0.256. The first kappa shape index (κ1) is 18.5. The molecular formula is C21H23N3O3. The highest BCUT2D eigenvalue weighted by Gasteiger charge is 2.22. The summed E-state index contributed by atoms with van der Waals surface area (Å²) in [6, 6.07) is 16.8. The van der Waals surface area contributed by atoms with E-state index in [1.165, 1.54) is 4.68 Å². The van der Waals surface area contributed by atoms with Gasteiger partial charge in [-0.3, -0.25) is 14.3 Å². The first-order chi connectivity index (χ1) is 12.9. The standard InChI is InChI=1S/C21H23N3O3/c1-14-10-8-9-13-18(14)27-16(3)20(25)22-19-15(2)23(4)24(21(19)26)17-11-6-5-7-12-17/h5-13,16H,1-4H3,(H,22,25)/t16-/m0/s1. The van der Waals surface area contributed by atoms with Gasteiger partial charge >= 0.3 is 0 Å². The van der Waals surface area contributed by atoms with Gasteiger partial charge in [0.2, 0.25) is 0 Å². The zero-order valence-electron chi connectivity index (χ0n) is 15.9. The van der Waals surface area contributed by atoms with Gasteiger partial charge in [-0.05, 0) is 44.5 Å². The number of hydrogen-bond donors (Lipinski definition) is 1. The van der Waals surface area contributed by atoms with Gasteiger partial charge in [0, 0.05) is 7.05 Å². The number of amides is 1. The number of rotatable bonds is 5. The van der Waals surface area contributed by atoms with E-state index in [4.69, 9.17) is 4.74 Å². The average Bonchev–Trinajstić information content (AvgIpc) is 2.87. The van der Waals surface area contributed by atoms with Crippen molar-refractivity contribution in [3.63, 3.8) is 0 Å². The summed E-state index contributed by atoms with van der Waals surface area (Å²) in [4.78, 5) is 25.5. The van der Waals surface area contributed by atoms with Gasteiger partial charge in [-0.25, -0.2) is 4.68 Å². The molecule has 0 saturated carbocycles. The van der Waals surface area contributed by atoms with Crippen molar-refractivity contribution in [2.24, 2.45) is 7.05 Å². The van der Waals surface area contributed by atoms with E-state index >= 15 is 0 Å². The Balaban J connectivity index is 1.84. The van der Waals surface area contributed by atoms with Crippen molar-refractivity contribution < 1.29 is 9.53 Å². The lowest BCUT2D eigenvalue weighted by atomic mass is 10.2. The molecule has 0 saturated heterocycles. The van der Waals surface area contributed by atoms with Crippen LogP contribution in [-0.2, 0) is 11.8 Å². The molecule has 6 nitrogen and oxygen atoms in total. The summed E-state index contributed by atoms with van der Waals surface area (Å²) in [6.45, 7) is 5.37. The number of para-hydroxylation sites is 2. The zero-order valence-corrected chi connectivity index (χ0v) is 15.9. The molecule has 3 aromatic rings. The number of hydrogen-bond acceptors (Lipinski definition) is 3. The number of nitrogens with one attached hydrogen (secondary N) is 1. The van der Waals surface area contributed by atoms with Crippen molar-refractivity contribution in [2.75, 3.05) is 5.32 Å². The van der Waals surface area contributed by atoms with E-state index < -0.39 is 6.10 Å². The molecule has 0 radical (unpaired) electrons. The van der Waals surface area contributed by atoms with E-state index in [0.717, 1.165) is 11.3 Å². The van der Waals surface area contributed by atoms with Gasteiger partial charge in [0.25, 0.3) is 11.5 Å². The highest BCUT2D eigenvalue weighted by molar-refractivity contribution is 5.94. The number of nitrogens with zero attached hydrogens (tertiary/aromatic N) is 2. The maximum atomic E-state index is 12.9. The Kier molecular flexibility index (Phi) is 5.16. The number of anilines is 1. The number of aryl methyl sites for hydroxylation is 1. The van der Waals surface area contributed by atoms with Gasteiger partial charge in [-0.15, -0.1) is 0 Å². The second-order valence-corrected chi connectivity index (χ2v) is 6.45. The summed E-state index contributed by atoms with van der Waals surface area (Å²) >= 11 is 0. The molecule has 1 aromatic heterocycles. The fourth-order valence-corrected chi connectivity index (χ4v) is 2.87. The van der Waals surface area contributed by atoms with Crippen molar-refractivity contribution in [1.82, 2.24) is 9.36 Å². The Hall–Kier alpha value is -3.28. The Morgan fingerprint density at radius 1 is 1.04 bits per heavy atom. The van der Waals surface area contributed by atoms with Crippen molar-refractivity contribution in [3.05, 3.63) is 76.2 Å². The maximum absolute atomic E-state index is 12.9. The maximum Gasteiger partial charge on any atom is 0.295 e. The number of ether oxygens (including phenoxy) is 1. The van der Waals surface area contributed by atoms with Gasteiger partial charge < -0.3 is 10.1 Å². The second kappa shape index (κ2) is 7.53. The van der Waals surface area contributed by atoms with Crippen LogP contribution in [0, 0.1) is 13.8 Å². The average molecular weight is 365 g/mol. The number of aromatic nitrogens is 2. The largest absolute Gasteiger partial charge is 0.481 e. The molecule has 0 aliphatic rings. The molecule has 1 atom stereocenters. The van der Waals surface area contributed by atoms with Crippen LogP contribution in [-0.4, -0.2) is 21.4 Å². The fourth-order valence-electron chi connectivity index (χ4n) is 2.87. The van der Waals surface area contributed by atoms with Crippen LogP contribution >= 0.6 is 0 Å². The highest BCUT2D eigenvalue weighted by Crippen LogP contribution is 2.19. The number of carbonyl (C=O) groups excluding carboxylic acids is 1. The molecule has 1 heterocycles. The van der Waals surface area contributed by atoms with Crippen LogP contribution < -0.4 is 15.6 Å². The molecule has 1 amide bonds. The molecule has 140 valence electrons. The fraction of sp³-hybridized carbons (Fsp3) is 0.238. The van der Waals surface area contributed by atoms with Crippen molar-refractivity contribution in [1.29, 1.82) is 0 Å². The zero-order chi connectivity index (χ0) is 19.6. The van der Waals surface area contributed by atoms with Crippen molar-refractivity contribution in [2.45, 2.75) is 26.9 Å². The molecule has 6 heteroatoms. The lowest BCUT2D eigenvalue weighted by Gasteiger charge is -2.15. The highest BCUT2D eigenvalue weighted by atomic mass is 16.5. The van der Waals surface area contributed by atoms with Gasteiger partial charge in [-0.1, -0.05) is 36.4 Å². The van der Waals surface area contributed by atoms with Crippen LogP contribution in [0.5, 0.6) is 5.75 Å². The molecule has 27 heavy (non-hydrogen) atoms. The number of benzene rings is 2. The Labute approximate surface area is 158 Å². The van der Waals surface area contributed by atoms with Crippen molar-refractivity contribution >= 4 is 11.6 Å². The van der Waals surface area contributed by atoms with E-state index in [1.54, 1.807) is 25.6 Å². The predicted molar refractivity (Wildman–Crippen MR) is 106 cm³/mol. The topological polar surface area (TPSA) is 65.3 Å². The first-order valence-electron chi connectivity index (χ1n) is 8.77. The van der Waals surface area contributed by atoms with Gasteiger partial charge in [-0.2, -0.15) is 0 Å². The van der Waals surface area contributed by atoms with Crippen LogP contribution in [0.15, 0.2) is 59.4 Å². The summed E-state index contributed by atoms with van der Waals surface area (Å²) in [6.07, 6.45) is -0.740. The quantitative estimate of drug-likeness (QED) is 0.755. The third-order valence-electron chi connectivity index (χ3n) is 4.57. The molecule has 0 unspecified atom stereocenters. The third-order valence-corrected chi connectivity index (χ3v) is 4.57. The third kappa shape index (κ3) is 3.65. The SMILES string of the molecule is Cc1ccccc1O[C@@H](C)C(=O)Nc1c(C)n(C)n(-c2ccccc2)c1=O. The first-order valence-corrected chi connectivity index (χ1v) is 8.77. The molecular weight excluding hydrogens is 342 g/mol. The van der Waals surface area contributed by atoms with Crippen LogP contribution in [0.3, 0.4) is 0 Å². The van der Waals surface area contributed by atoms with Crippen molar-refractivity contribution in [3.8, 4) is 11.4 Å². The van der Waals surface area contributed by atoms with Crippen LogP contribution in [0.2, 0.25) is 0 Å². The van der Waals surface area contributed by atoms with E-state index in [9.17, 15) is 9.59 Å². The Morgan fingerprint density at radius 2 is 1.67 bits per heavy atom. The van der Waals surface area contributed by atoms with Crippen LogP contribution in [0.4, 0.5) is 5.69 Å². The summed E-state index contributed by atoms with van der Waals surface area (Å²) in [5.41, 5.74) is 2.32. The monoisotopic (exact) mass is 365 g/mol. The molecule has 2 aromatic carbocycles. The van der Waals surface area contributed by atoms with Gasteiger partial charge in [0.15, 0.2) is 6.10 Å². The predicted octanol–water partition coefficient (Wildman–Crippen LogP) is 3.20. The van der Waals surface area contributed by atoms with Crippen LogP contribution in [0.1, 0.15) is 18.2 Å². The molecule has 0 bridgehead atoms. The molecule has 0 fully saturated rings. The normalized spacial score (nSPS) is 11.9. The second-order valence-electron chi connectivity index (χ2n) is 6.45. The van der Waals surface area contributed by atoms with Crippen LogP contribution in [0.25, 0.3) is 5.69 Å². The summed E-state index contributed by atoms with van der Waals surface area (Å²) in [5, 5.41) is 2.73. The van der Waals surface area contributed by atoms with Gasteiger partial charge in [0.1, 0.15) is 11.4 Å². The minimum atomic E-state index is -0.740. The molecule has 0 aliphatic carbocycles. The summed E-state index contributed by atoms with van der Waals surface area (Å²) < 4.78 is 9.00. The van der Waals surface area contributed by atoms with E-state index in [0.29, 0.717) is 11.4 Å². The lowest BCUT2D eigenvalue weighted by molar-refractivity contribution is -0.122. The minimum Gasteiger partial charge on any atom is -0.481 e. The smallest absolute Gasteiger partial charge is 0.295 e. The van der Waals surface area contributed by atoms with Gasteiger partial charge in [0.05, 0.1) is 11.4 Å². The van der Waals surface area contributed by atoms with E-state index in [-0.39, 0.29) is 17.2 Å². The molecule has 1 N–H and O–H groups in total. The number of carbonyl (C=O) groups is 1. The lowest BCUT2D eigenvalue weighted by Crippen LogP contribution is -2.32. The van der Waals surface area contributed by atoms with E-state index in [1.807, 2.05) is 61.5 Å². The van der Waals surface area contributed by atoms with E-state index in [2.05, 4.69) is 5.32 Å². The molecule has 0 aliphatic heterocycles. The summed E-state index contributed by atoms with van der Waals surface area (Å²) in [7, 11) is 1.78. The molecule has 3 rings (SSSR count).